The molecule has 0 aliphatic heterocycles. The van der Waals surface area contributed by atoms with Gasteiger partial charge in [0, 0.05) is 6.20 Å². The maximum Gasteiger partial charge on any atom is 0.417 e. The molecular formula is C18H14ClF3N2O4. The van der Waals surface area contributed by atoms with Gasteiger partial charge in [-0.25, -0.2) is 9.78 Å². The fourth-order valence-corrected chi connectivity index (χ4v) is 2.12. The molecular weight excluding hydrogens is 401 g/mol. The first kappa shape index (κ1) is 21.2. The van der Waals surface area contributed by atoms with Gasteiger partial charge in [0.2, 0.25) is 0 Å². The summed E-state index contributed by atoms with van der Waals surface area (Å²) >= 11 is 5.69. The van der Waals surface area contributed by atoms with E-state index in [1.54, 1.807) is 18.2 Å². The fourth-order valence-electron chi connectivity index (χ4n) is 1.91. The largest absolute Gasteiger partial charge is 0.490 e. The maximum absolute atomic E-state index is 12.6. The van der Waals surface area contributed by atoms with Gasteiger partial charge in [-0.1, -0.05) is 24.3 Å². The van der Waals surface area contributed by atoms with Crippen LogP contribution >= 0.6 is 11.6 Å². The number of hydrogen-bond acceptors (Lipinski definition) is 5. The molecule has 1 aromatic carbocycles. The van der Waals surface area contributed by atoms with Crippen LogP contribution < -0.4 is 10.1 Å². The van der Waals surface area contributed by atoms with Crippen molar-refractivity contribution in [3.63, 3.8) is 0 Å². The van der Waals surface area contributed by atoms with Gasteiger partial charge in [0.1, 0.15) is 12.4 Å². The second-order valence-electron chi connectivity index (χ2n) is 5.30. The van der Waals surface area contributed by atoms with Gasteiger partial charge in [0.05, 0.1) is 16.1 Å². The number of alkyl halides is 3. The highest BCUT2D eigenvalue weighted by molar-refractivity contribution is 6.33. The quantitative estimate of drug-likeness (QED) is 0.545. The number of nitrogens with zero attached hydrogens (tertiary/aromatic N) is 1. The number of hydrogen-bond donors (Lipinski definition) is 1. The number of aromatic nitrogens is 1. The van der Waals surface area contributed by atoms with Crippen molar-refractivity contribution >= 4 is 29.3 Å². The van der Waals surface area contributed by atoms with Gasteiger partial charge in [0.25, 0.3) is 5.91 Å². The van der Waals surface area contributed by atoms with Gasteiger partial charge < -0.3 is 14.8 Å². The first-order valence-electron chi connectivity index (χ1n) is 7.74. The molecule has 0 radical (unpaired) electrons. The highest BCUT2D eigenvalue weighted by Gasteiger charge is 2.31. The molecule has 0 fully saturated rings. The highest BCUT2D eigenvalue weighted by atomic mass is 35.5. The topological polar surface area (TPSA) is 77.5 Å². The van der Waals surface area contributed by atoms with E-state index in [2.05, 4.69) is 16.9 Å². The summed E-state index contributed by atoms with van der Waals surface area (Å²) in [6.07, 6.45) is -2.51. The molecule has 1 N–H and O–H groups in total. The highest BCUT2D eigenvalue weighted by Crippen LogP contribution is 2.32. The minimum atomic E-state index is -4.61. The minimum Gasteiger partial charge on any atom is -0.490 e. The average Bonchev–Trinajstić information content (AvgIpc) is 2.65. The van der Waals surface area contributed by atoms with Crippen molar-refractivity contribution in [3.05, 3.63) is 65.3 Å². The number of pyridine rings is 1. The van der Waals surface area contributed by atoms with Gasteiger partial charge in [0.15, 0.2) is 12.4 Å². The predicted molar refractivity (Wildman–Crippen MR) is 95.3 cm³/mol. The Morgan fingerprint density at radius 3 is 2.50 bits per heavy atom. The van der Waals surface area contributed by atoms with Gasteiger partial charge in [-0.2, -0.15) is 13.2 Å². The lowest BCUT2D eigenvalue weighted by atomic mass is 10.2. The van der Waals surface area contributed by atoms with E-state index in [9.17, 15) is 22.8 Å². The summed E-state index contributed by atoms with van der Waals surface area (Å²) in [5.74, 6) is -1.33. The van der Waals surface area contributed by atoms with Crippen molar-refractivity contribution in [2.75, 3.05) is 18.5 Å². The van der Waals surface area contributed by atoms with E-state index >= 15 is 0 Å². The average molecular weight is 415 g/mol. The predicted octanol–water partition coefficient (Wildman–Crippen LogP) is 4.11. The molecule has 0 atom stereocenters. The molecule has 1 amide bonds. The number of nitrogens with one attached hydrogen (secondary N) is 1. The van der Waals surface area contributed by atoms with Crippen molar-refractivity contribution in [1.82, 2.24) is 4.98 Å². The smallest absolute Gasteiger partial charge is 0.417 e. The Labute approximate surface area is 162 Å². The number of halogens is 4. The number of ether oxygens (including phenoxy) is 2. The molecule has 0 aliphatic carbocycles. The fraction of sp³-hybridized carbons (Fsp3) is 0.167. The van der Waals surface area contributed by atoms with Crippen LogP contribution in [0.2, 0.25) is 5.02 Å². The standard InChI is InChI=1S/C18H14ClF3N2O4/c1-2-7-27-13-5-3-11(4-6-13)17(26)28-10-15(25)24-16-14(19)8-12(9-23-16)18(20,21)22/h2-6,8-9H,1,7,10H2,(H,23,24,25). The third kappa shape index (κ3) is 5.98. The Balaban J connectivity index is 1.90. The minimum absolute atomic E-state index is 0.185. The molecule has 2 rings (SSSR count). The number of benzene rings is 1. The van der Waals surface area contributed by atoms with Crippen LogP contribution in [0.15, 0.2) is 49.2 Å². The molecule has 0 bridgehead atoms. The zero-order chi connectivity index (χ0) is 20.7. The lowest BCUT2D eigenvalue weighted by Gasteiger charge is -2.10. The molecule has 1 heterocycles. The summed E-state index contributed by atoms with van der Waals surface area (Å²) in [4.78, 5) is 27.2. The summed E-state index contributed by atoms with van der Waals surface area (Å²) in [6.45, 7) is 3.15. The molecule has 28 heavy (non-hydrogen) atoms. The van der Waals surface area contributed by atoms with Crippen LogP contribution in [0.1, 0.15) is 15.9 Å². The third-order valence-electron chi connectivity index (χ3n) is 3.22. The Morgan fingerprint density at radius 2 is 1.93 bits per heavy atom. The molecule has 0 saturated carbocycles. The normalized spacial score (nSPS) is 10.9. The zero-order valence-corrected chi connectivity index (χ0v) is 15.0. The summed E-state index contributed by atoms with van der Waals surface area (Å²) in [5.41, 5.74) is -0.869. The molecule has 148 valence electrons. The lowest BCUT2D eigenvalue weighted by molar-refractivity contribution is -0.137. The second-order valence-corrected chi connectivity index (χ2v) is 5.71. The Bertz CT molecular complexity index is 870. The first-order chi connectivity index (χ1) is 13.2. The number of carbonyl (C=O) groups excluding carboxylic acids is 2. The van der Waals surface area contributed by atoms with Crippen LogP contribution in [-0.4, -0.2) is 30.1 Å². The summed E-state index contributed by atoms with van der Waals surface area (Å²) in [5, 5.41) is 1.77. The number of carbonyl (C=O) groups is 2. The lowest BCUT2D eigenvalue weighted by Crippen LogP contribution is -2.22. The third-order valence-corrected chi connectivity index (χ3v) is 3.51. The Morgan fingerprint density at radius 1 is 1.25 bits per heavy atom. The summed E-state index contributed by atoms with van der Waals surface area (Å²) in [6, 6.07) is 6.63. The summed E-state index contributed by atoms with van der Waals surface area (Å²) in [7, 11) is 0. The van der Waals surface area contributed by atoms with E-state index in [0.717, 1.165) is 0 Å². The van der Waals surface area contributed by atoms with E-state index in [0.29, 0.717) is 24.6 Å². The van der Waals surface area contributed by atoms with Crippen LogP contribution in [0.5, 0.6) is 5.75 Å². The Kier molecular flexibility index (Phi) is 7.00. The Hall–Kier alpha value is -3.07. The first-order valence-corrected chi connectivity index (χ1v) is 8.12. The molecule has 0 unspecified atom stereocenters. The van der Waals surface area contributed by atoms with Gasteiger partial charge in [-0.15, -0.1) is 0 Å². The number of esters is 1. The number of anilines is 1. The molecule has 0 saturated heterocycles. The van der Waals surface area contributed by atoms with Crippen LogP contribution in [0.4, 0.5) is 19.0 Å². The molecule has 6 nitrogen and oxygen atoms in total. The van der Waals surface area contributed by atoms with E-state index in [-0.39, 0.29) is 11.4 Å². The van der Waals surface area contributed by atoms with E-state index in [4.69, 9.17) is 21.1 Å². The van der Waals surface area contributed by atoms with Gasteiger partial charge in [-0.05, 0) is 30.3 Å². The number of amides is 1. The van der Waals surface area contributed by atoms with Crippen molar-refractivity contribution < 1.29 is 32.2 Å². The SMILES string of the molecule is C=CCOc1ccc(C(=O)OCC(=O)Nc2ncc(C(F)(F)F)cc2Cl)cc1. The maximum atomic E-state index is 12.6. The van der Waals surface area contributed by atoms with Crippen molar-refractivity contribution in [1.29, 1.82) is 0 Å². The molecule has 0 aliphatic rings. The van der Waals surface area contributed by atoms with Crippen LogP contribution in [0, 0.1) is 0 Å². The van der Waals surface area contributed by atoms with E-state index in [1.807, 2.05) is 0 Å². The van der Waals surface area contributed by atoms with Crippen molar-refractivity contribution in [3.8, 4) is 5.75 Å². The second kappa shape index (κ2) is 9.23. The van der Waals surface area contributed by atoms with Crippen molar-refractivity contribution in [2.45, 2.75) is 6.18 Å². The molecule has 0 spiro atoms. The number of rotatable bonds is 7. The zero-order valence-electron chi connectivity index (χ0n) is 14.3. The van der Waals surface area contributed by atoms with Crippen LogP contribution in [0.3, 0.4) is 0 Å². The van der Waals surface area contributed by atoms with E-state index in [1.165, 1.54) is 12.1 Å². The van der Waals surface area contributed by atoms with Gasteiger partial charge >= 0.3 is 12.1 Å². The summed E-state index contributed by atoms with van der Waals surface area (Å²) < 4.78 is 47.8. The monoisotopic (exact) mass is 414 g/mol. The van der Waals surface area contributed by atoms with Crippen molar-refractivity contribution in [2.24, 2.45) is 0 Å². The van der Waals surface area contributed by atoms with E-state index < -0.39 is 35.2 Å². The molecule has 2 aromatic rings. The van der Waals surface area contributed by atoms with Crippen LogP contribution in [-0.2, 0) is 15.7 Å². The molecule has 1 aromatic heterocycles. The van der Waals surface area contributed by atoms with Gasteiger partial charge in [-0.3, -0.25) is 4.79 Å². The van der Waals surface area contributed by atoms with Crippen LogP contribution in [0.25, 0.3) is 0 Å². The molecule has 10 heteroatoms.